The van der Waals surface area contributed by atoms with Crippen molar-refractivity contribution in [1.82, 2.24) is 0 Å². The molecule has 5 N–H and O–H groups in total. The molecule has 0 saturated carbocycles. The molecule has 0 aliphatic heterocycles. The fourth-order valence-electron chi connectivity index (χ4n) is 0.997. The van der Waals surface area contributed by atoms with Crippen LogP contribution in [0.3, 0.4) is 0 Å². The van der Waals surface area contributed by atoms with Crippen molar-refractivity contribution < 1.29 is 30.3 Å². The predicted molar refractivity (Wildman–Crippen MR) is 51.0 cm³/mol. The number of aliphatic hydroxyl groups excluding tert-OH is 5. The van der Waals surface area contributed by atoms with E-state index in [0.717, 1.165) is 0 Å². The molecule has 90 valence electrons. The zero-order valence-corrected chi connectivity index (χ0v) is 8.74. The topological polar surface area (TPSA) is 118 Å². The molecule has 4 atom stereocenters. The van der Waals surface area contributed by atoms with E-state index < -0.39 is 36.8 Å². The summed E-state index contributed by atoms with van der Waals surface area (Å²) in [5.41, 5.74) is 0. The van der Waals surface area contributed by atoms with E-state index in [1.54, 1.807) is 13.8 Å². The lowest BCUT2D eigenvalue weighted by molar-refractivity contribution is -0.150. The predicted octanol–water partition coefficient (Wildman–Crippen LogP) is -2.35. The third-order valence-corrected chi connectivity index (χ3v) is 2.14. The summed E-state index contributed by atoms with van der Waals surface area (Å²) >= 11 is 0. The Labute approximate surface area is 87.8 Å². The molecule has 0 radical (unpaired) electrons. The van der Waals surface area contributed by atoms with Crippen LogP contribution >= 0.6 is 0 Å². The average Bonchev–Trinajstić information content (AvgIpc) is 2.23. The van der Waals surface area contributed by atoms with Gasteiger partial charge in [0.15, 0.2) is 5.78 Å². The largest absolute Gasteiger partial charge is 0.394 e. The summed E-state index contributed by atoms with van der Waals surface area (Å²) in [7, 11) is 0. The van der Waals surface area contributed by atoms with Crippen LogP contribution in [0.4, 0.5) is 0 Å². The molecule has 0 spiro atoms. The van der Waals surface area contributed by atoms with Gasteiger partial charge in [0.25, 0.3) is 0 Å². The van der Waals surface area contributed by atoms with E-state index in [0.29, 0.717) is 0 Å². The van der Waals surface area contributed by atoms with Crippen LogP contribution in [0.5, 0.6) is 0 Å². The second kappa shape index (κ2) is 6.14. The van der Waals surface area contributed by atoms with Gasteiger partial charge in [-0.25, -0.2) is 0 Å². The van der Waals surface area contributed by atoms with Crippen molar-refractivity contribution >= 4 is 5.78 Å². The second-order valence-corrected chi connectivity index (χ2v) is 3.78. The van der Waals surface area contributed by atoms with Gasteiger partial charge in [-0.1, -0.05) is 13.8 Å². The van der Waals surface area contributed by atoms with Gasteiger partial charge >= 0.3 is 0 Å². The average molecular weight is 222 g/mol. The van der Waals surface area contributed by atoms with Crippen LogP contribution in [-0.4, -0.2) is 62.3 Å². The highest BCUT2D eigenvalue weighted by molar-refractivity contribution is 5.88. The Morgan fingerprint density at radius 1 is 1.07 bits per heavy atom. The standard InChI is InChI=1S/C9H18O6/c1-4(2)6(12)8(14)9(15)7(13)5(11)3-10/h4-8,10-14H,3H2,1-2H3/t5-,6?,7-,8-/m0/s1. The zero-order valence-electron chi connectivity index (χ0n) is 8.74. The summed E-state index contributed by atoms with van der Waals surface area (Å²) in [4.78, 5) is 11.3. The normalized spacial score (nSPS) is 19.7. The molecule has 0 heterocycles. The van der Waals surface area contributed by atoms with E-state index in [-0.39, 0.29) is 5.92 Å². The Kier molecular flexibility index (Phi) is 5.92. The minimum atomic E-state index is -1.89. The van der Waals surface area contributed by atoms with E-state index in [9.17, 15) is 15.0 Å². The molecular weight excluding hydrogens is 204 g/mol. The fourth-order valence-corrected chi connectivity index (χ4v) is 0.997. The molecule has 0 saturated heterocycles. The lowest BCUT2D eigenvalue weighted by atomic mass is 9.95. The number of carbonyl (C=O) groups is 1. The fraction of sp³-hybridized carbons (Fsp3) is 0.889. The van der Waals surface area contributed by atoms with Crippen molar-refractivity contribution in [2.45, 2.75) is 38.3 Å². The molecule has 0 fully saturated rings. The Hall–Kier alpha value is -0.530. The van der Waals surface area contributed by atoms with E-state index in [2.05, 4.69) is 0 Å². The third-order valence-electron chi connectivity index (χ3n) is 2.14. The summed E-state index contributed by atoms with van der Waals surface area (Å²) in [6.07, 6.45) is -6.61. The number of Topliss-reactive ketones (excluding diaryl/α,β-unsaturated/α-hetero) is 1. The Bertz CT molecular complexity index is 205. The van der Waals surface area contributed by atoms with Gasteiger partial charge in [0.2, 0.25) is 0 Å². The SMILES string of the molecule is CC(C)C(O)[C@H](O)C(=O)[C@@H](O)[C@@H](O)CO. The van der Waals surface area contributed by atoms with Crippen LogP contribution in [0.2, 0.25) is 0 Å². The highest BCUT2D eigenvalue weighted by Gasteiger charge is 2.34. The first kappa shape index (κ1) is 14.5. The van der Waals surface area contributed by atoms with Crippen LogP contribution < -0.4 is 0 Å². The van der Waals surface area contributed by atoms with Gasteiger partial charge in [-0.15, -0.1) is 0 Å². The van der Waals surface area contributed by atoms with Crippen molar-refractivity contribution in [2.75, 3.05) is 6.61 Å². The molecule has 0 aliphatic rings. The minimum absolute atomic E-state index is 0.359. The van der Waals surface area contributed by atoms with Crippen molar-refractivity contribution in [3.05, 3.63) is 0 Å². The summed E-state index contributed by atoms with van der Waals surface area (Å²) in [5, 5.41) is 45.2. The molecule has 1 unspecified atom stereocenters. The number of hydrogen-bond donors (Lipinski definition) is 5. The summed E-state index contributed by atoms with van der Waals surface area (Å²) < 4.78 is 0. The van der Waals surface area contributed by atoms with Gasteiger partial charge in [0.05, 0.1) is 12.7 Å². The van der Waals surface area contributed by atoms with Crippen LogP contribution in [0.15, 0.2) is 0 Å². The first-order valence-corrected chi connectivity index (χ1v) is 4.69. The van der Waals surface area contributed by atoms with Crippen LogP contribution in [-0.2, 0) is 4.79 Å². The van der Waals surface area contributed by atoms with Crippen LogP contribution in [0, 0.1) is 5.92 Å². The first-order valence-electron chi connectivity index (χ1n) is 4.69. The number of aliphatic hydroxyl groups is 5. The molecule has 15 heavy (non-hydrogen) atoms. The second-order valence-electron chi connectivity index (χ2n) is 3.78. The van der Waals surface area contributed by atoms with Crippen molar-refractivity contribution in [3.63, 3.8) is 0 Å². The van der Waals surface area contributed by atoms with Crippen molar-refractivity contribution in [2.24, 2.45) is 5.92 Å². The van der Waals surface area contributed by atoms with E-state index >= 15 is 0 Å². The molecule has 0 aromatic rings. The number of rotatable bonds is 6. The number of hydrogen-bond acceptors (Lipinski definition) is 6. The highest BCUT2D eigenvalue weighted by atomic mass is 16.4. The molecule has 0 aliphatic carbocycles. The maximum atomic E-state index is 11.3. The van der Waals surface area contributed by atoms with Gasteiger partial charge in [-0.05, 0) is 5.92 Å². The van der Waals surface area contributed by atoms with Gasteiger partial charge in [-0.2, -0.15) is 0 Å². The van der Waals surface area contributed by atoms with Gasteiger partial charge in [0, 0.05) is 0 Å². The molecule has 0 aromatic carbocycles. The minimum Gasteiger partial charge on any atom is -0.394 e. The van der Waals surface area contributed by atoms with Gasteiger partial charge in [-0.3, -0.25) is 4.79 Å². The monoisotopic (exact) mass is 222 g/mol. The Morgan fingerprint density at radius 2 is 1.53 bits per heavy atom. The van der Waals surface area contributed by atoms with Gasteiger partial charge in [0.1, 0.15) is 18.3 Å². The summed E-state index contributed by atoms with van der Waals surface area (Å²) in [6.45, 7) is 2.39. The molecule has 0 bridgehead atoms. The van der Waals surface area contributed by atoms with E-state index in [1.807, 2.05) is 0 Å². The third kappa shape index (κ3) is 3.84. The zero-order chi connectivity index (χ0) is 12.2. The first-order chi connectivity index (χ1) is 6.82. The maximum absolute atomic E-state index is 11.3. The Balaban J connectivity index is 4.43. The lowest BCUT2D eigenvalue weighted by Gasteiger charge is -2.23. The van der Waals surface area contributed by atoms with E-state index in [1.165, 1.54) is 0 Å². The lowest BCUT2D eigenvalue weighted by Crippen LogP contribution is -2.47. The highest BCUT2D eigenvalue weighted by Crippen LogP contribution is 2.10. The molecular formula is C9H18O6. The van der Waals surface area contributed by atoms with Crippen molar-refractivity contribution in [3.8, 4) is 0 Å². The smallest absolute Gasteiger partial charge is 0.195 e. The molecule has 0 rings (SSSR count). The Morgan fingerprint density at radius 3 is 1.87 bits per heavy atom. The summed E-state index contributed by atoms with van der Waals surface area (Å²) in [5.74, 6) is -1.46. The quantitative estimate of drug-likeness (QED) is 0.343. The number of carbonyl (C=O) groups excluding carboxylic acids is 1. The van der Waals surface area contributed by atoms with Gasteiger partial charge < -0.3 is 25.5 Å². The maximum Gasteiger partial charge on any atom is 0.195 e. The number of ketones is 1. The van der Waals surface area contributed by atoms with Crippen molar-refractivity contribution in [1.29, 1.82) is 0 Å². The summed E-state index contributed by atoms with van der Waals surface area (Å²) in [6, 6.07) is 0. The molecule has 6 heteroatoms. The molecule has 0 amide bonds. The van der Waals surface area contributed by atoms with Crippen LogP contribution in [0.25, 0.3) is 0 Å². The van der Waals surface area contributed by atoms with E-state index in [4.69, 9.17) is 15.3 Å². The molecule has 0 aromatic heterocycles. The van der Waals surface area contributed by atoms with Crippen LogP contribution in [0.1, 0.15) is 13.8 Å². The molecule has 6 nitrogen and oxygen atoms in total.